The Kier molecular flexibility index (Phi) is 3.24. The molecule has 1 N–H and O–H groups in total. The molecule has 1 aliphatic rings. The average molecular weight is 219 g/mol. The first kappa shape index (κ1) is 11.5. The summed E-state index contributed by atoms with van der Waals surface area (Å²) in [7, 11) is 0. The van der Waals surface area contributed by atoms with E-state index in [0.29, 0.717) is 5.92 Å². The van der Waals surface area contributed by atoms with Gasteiger partial charge in [0.15, 0.2) is 0 Å². The van der Waals surface area contributed by atoms with Gasteiger partial charge in [-0.2, -0.15) is 0 Å². The predicted molar refractivity (Wildman–Crippen MR) is 65.5 cm³/mol. The van der Waals surface area contributed by atoms with Crippen LogP contribution in [-0.2, 0) is 6.54 Å². The molecule has 1 heterocycles. The molecule has 0 aliphatic heterocycles. The molecule has 88 valence electrons. The molecule has 16 heavy (non-hydrogen) atoms. The third kappa shape index (κ3) is 2.59. The number of hydrogen-bond donors (Lipinski definition) is 1. The molecular formula is C13H21N3. The van der Waals surface area contributed by atoms with E-state index in [0.717, 1.165) is 29.8 Å². The topological polar surface area (TPSA) is 37.8 Å². The number of rotatable bonds is 4. The molecule has 1 fully saturated rings. The Morgan fingerprint density at radius 3 is 2.19 bits per heavy atom. The predicted octanol–water partition coefficient (Wildman–Crippen LogP) is 2.47. The lowest BCUT2D eigenvalue weighted by Gasteiger charge is -2.12. The van der Waals surface area contributed by atoms with E-state index in [2.05, 4.69) is 43.0 Å². The third-order valence-corrected chi connectivity index (χ3v) is 3.10. The first-order valence-electron chi connectivity index (χ1n) is 6.15. The highest BCUT2D eigenvalue weighted by molar-refractivity contribution is 5.25. The number of nitrogens with one attached hydrogen (secondary N) is 1. The summed E-state index contributed by atoms with van der Waals surface area (Å²) in [5.74, 6) is 1.37. The molecule has 1 aromatic rings. The molecule has 3 nitrogen and oxygen atoms in total. The highest BCUT2D eigenvalue weighted by atomic mass is 15.0. The molecule has 1 aromatic heterocycles. The summed E-state index contributed by atoms with van der Waals surface area (Å²) in [6, 6.07) is 0.739. The van der Waals surface area contributed by atoms with Crippen molar-refractivity contribution in [2.45, 2.75) is 59.0 Å². The van der Waals surface area contributed by atoms with Crippen LogP contribution < -0.4 is 5.32 Å². The molecule has 1 aliphatic carbocycles. The maximum Gasteiger partial charge on any atom is 0.131 e. The molecule has 0 bridgehead atoms. The van der Waals surface area contributed by atoms with Gasteiger partial charge in [-0.25, -0.2) is 9.97 Å². The fourth-order valence-corrected chi connectivity index (χ4v) is 1.81. The van der Waals surface area contributed by atoms with E-state index >= 15 is 0 Å². The second-order valence-corrected chi connectivity index (χ2v) is 5.04. The highest BCUT2D eigenvalue weighted by Gasteiger charge is 2.21. The van der Waals surface area contributed by atoms with Gasteiger partial charge in [-0.1, -0.05) is 13.8 Å². The third-order valence-electron chi connectivity index (χ3n) is 3.10. The lowest BCUT2D eigenvalue weighted by atomic mass is 10.1. The largest absolute Gasteiger partial charge is 0.310 e. The molecule has 0 amide bonds. The van der Waals surface area contributed by atoms with Crippen LogP contribution in [0.1, 0.15) is 55.4 Å². The molecule has 1 saturated carbocycles. The zero-order chi connectivity index (χ0) is 11.7. The second-order valence-electron chi connectivity index (χ2n) is 5.04. The summed E-state index contributed by atoms with van der Waals surface area (Å²) in [6.07, 6.45) is 2.64. The SMILES string of the molecule is Cc1nc(C(C)C)nc(C)c1CNC1CC1. The number of hydrogen-bond acceptors (Lipinski definition) is 3. The fourth-order valence-electron chi connectivity index (χ4n) is 1.81. The first-order valence-corrected chi connectivity index (χ1v) is 6.15. The van der Waals surface area contributed by atoms with Crippen molar-refractivity contribution in [1.82, 2.24) is 15.3 Å². The Hall–Kier alpha value is -0.960. The Morgan fingerprint density at radius 1 is 1.19 bits per heavy atom. The van der Waals surface area contributed by atoms with E-state index in [4.69, 9.17) is 0 Å². The number of nitrogens with zero attached hydrogens (tertiary/aromatic N) is 2. The summed E-state index contributed by atoms with van der Waals surface area (Å²) in [6.45, 7) is 9.36. The van der Waals surface area contributed by atoms with Gasteiger partial charge in [-0.05, 0) is 26.7 Å². The van der Waals surface area contributed by atoms with E-state index in [1.54, 1.807) is 0 Å². The van der Waals surface area contributed by atoms with Crippen LogP contribution in [0.2, 0.25) is 0 Å². The maximum atomic E-state index is 4.58. The summed E-state index contributed by atoms with van der Waals surface area (Å²) in [5.41, 5.74) is 3.53. The van der Waals surface area contributed by atoms with E-state index < -0.39 is 0 Å². The van der Waals surface area contributed by atoms with Gasteiger partial charge in [0.1, 0.15) is 5.82 Å². The van der Waals surface area contributed by atoms with Gasteiger partial charge in [-0.15, -0.1) is 0 Å². The zero-order valence-electron chi connectivity index (χ0n) is 10.7. The summed E-state index contributed by atoms with van der Waals surface area (Å²) in [5, 5.41) is 3.52. The standard InChI is InChI=1S/C13H21N3/c1-8(2)13-15-9(3)12(10(4)16-13)7-14-11-5-6-11/h8,11,14H,5-7H2,1-4H3. The van der Waals surface area contributed by atoms with Crippen molar-refractivity contribution in [3.05, 3.63) is 22.8 Å². The number of aromatic nitrogens is 2. The quantitative estimate of drug-likeness (QED) is 0.845. The second kappa shape index (κ2) is 4.50. The molecular weight excluding hydrogens is 198 g/mol. The minimum absolute atomic E-state index is 0.405. The first-order chi connectivity index (χ1) is 7.58. The number of aryl methyl sites for hydroxylation is 2. The van der Waals surface area contributed by atoms with E-state index in [1.165, 1.54) is 18.4 Å². The van der Waals surface area contributed by atoms with Gasteiger partial charge in [0.05, 0.1) is 0 Å². The van der Waals surface area contributed by atoms with Crippen LogP contribution >= 0.6 is 0 Å². The van der Waals surface area contributed by atoms with Crippen LogP contribution in [0.3, 0.4) is 0 Å². The van der Waals surface area contributed by atoms with Crippen molar-refractivity contribution in [2.24, 2.45) is 0 Å². The van der Waals surface area contributed by atoms with Crippen LogP contribution in [0.15, 0.2) is 0 Å². The van der Waals surface area contributed by atoms with Gasteiger partial charge in [0, 0.05) is 35.5 Å². The lowest BCUT2D eigenvalue weighted by molar-refractivity contribution is 0.665. The molecule has 2 rings (SSSR count). The van der Waals surface area contributed by atoms with Gasteiger partial charge in [0.2, 0.25) is 0 Å². The Labute approximate surface area is 97.7 Å². The van der Waals surface area contributed by atoms with Gasteiger partial charge in [-0.3, -0.25) is 0 Å². The van der Waals surface area contributed by atoms with Crippen LogP contribution in [-0.4, -0.2) is 16.0 Å². The van der Waals surface area contributed by atoms with Crippen LogP contribution in [0.25, 0.3) is 0 Å². The smallest absolute Gasteiger partial charge is 0.131 e. The maximum absolute atomic E-state index is 4.58. The Morgan fingerprint density at radius 2 is 1.75 bits per heavy atom. The van der Waals surface area contributed by atoms with Crippen LogP contribution in [0, 0.1) is 13.8 Å². The van der Waals surface area contributed by atoms with Crippen molar-refractivity contribution < 1.29 is 0 Å². The van der Waals surface area contributed by atoms with Crippen LogP contribution in [0.4, 0.5) is 0 Å². The fraction of sp³-hybridized carbons (Fsp3) is 0.692. The molecule has 0 atom stereocenters. The van der Waals surface area contributed by atoms with Gasteiger partial charge >= 0.3 is 0 Å². The zero-order valence-corrected chi connectivity index (χ0v) is 10.7. The average Bonchev–Trinajstić information content (AvgIpc) is 2.99. The van der Waals surface area contributed by atoms with Crippen molar-refractivity contribution in [2.75, 3.05) is 0 Å². The normalized spacial score (nSPS) is 15.8. The highest BCUT2D eigenvalue weighted by Crippen LogP contribution is 2.21. The Bertz CT molecular complexity index is 358. The minimum atomic E-state index is 0.405. The van der Waals surface area contributed by atoms with E-state index in [1.807, 2.05) is 0 Å². The monoisotopic (exact) mass is 219 g/mol. The molecule has 0 radical (unpaired) electrons. The van der Waals surface area contributed by atoms with E-state index in [-0.39, 0.29) is 0 Å². The van der Waals surface area contributed by atoms with E-state index in [9.17, 15) is 0 Å². The van der Waals surface area contributed by atoms with Crippen molar-refractivity contribution in [3.8, 4) is 0 Å². The summed E-state index contributed by atoms with van der Waals surface area (Å²) in [4.78, 5) is 9.16. The van der Waals surface area contributed by atoms with Gasteiger partial charge in [0.25, 0.3) is 0 Å². The van der Waals surface area contributed by atoms with Gasteiger partial charge < -0.3 is 5.32 Å². The molecule has 0 saturated heterocycles. The minimum Gasteiger partial charge on any atom is -0.310 e. The summed E-state index contributed by atoms with van der Waals surface area (Å²) < 4.78 is 0. The lowest BCUT2D eigenvalue weighted by Crippen LogP contribution is -2.18. The molecule has 3 heteroatoms. The van der Waals surface area contributed by atoms with Crippen molar-refractivity contribution in [1.29, 1.82) is 0 Å². The Balaban J connectivity index is 2.16. The van der Waals surface area contributed by atoms with Crippen molar-refractivity contribution in [3.63, 3.8) is 0 Å². The van der Waals surface area contributed by atoms with Crippen LogP contribution in [0.5, 0.6) is 0 Å². The molecule has 0 aromatic carbocycles. The van der Waals surface area contributed by atoms with Crippen molar-refractivity contribution >= 4 is 0 Å². The molecule has 0 unspecified atom stereocenters. The molecule has 0 spiro atoms. The summed E-state index contributed by atoms with van der Waals surface area (Å²) >= 11 is 0.